The summed E-state index contributed by atoms with van der Waals surface area (Å²) >= 11 is 0. The van der Waals surface area contributed by atoms with E-state index in [0.717, 1.165) is 5.56 Å². The van der Waals surface area contributed by atoms with Gasteiger partial charge in [-0.25, -0.2) is 4.79 Å². The molecular weight excluding hydrogens is 198 g/mol. The highest BCUT2D eigenvalue weighted by Crippen LogP contribution is 1.96. The smallest absolute Gasteiger partial charge is 0.450 e. The Balaban J connectivity index is 0.000000423. The number of guanidine groups is 1. The molecule has 0 radical (unpaired) electrons. The molecule has 0 unspecified atom stereocenters. The van der Waals surface area contributed by atoms with Crippen LogP contribution in [0.4, 0.5) is 4.79 Å². The number of rotatable bonds is 2. The fourth-order valence-electron chi connectivity index (χ4n) is 0.793. The highest BCUT2D eigenvalue weighted by atomic mass is 16.6. The fraction of sp³-hybridized carbons (Fsp3) is 0.111. The Bertz CT molecular complexity index is 310. The van der Waals surface area contributed by atoms with E-state index in [2.05, 4.69) is 5.32 Å². The molecule has 15 heavy (non-hydrogen) atoms. The van der Waals surface area contributed by atoms with Gasteiger partial charge in [-0.05, 0) is 5.56 Å². The first kappa shape index (κ1) is 12.8. The van der Waals surface area contributed by atoms with Crippen LogP contribution in [0.15, 0.2) is 30.3 Å². The number of benzene rings is 1. The van der Waals surface area contributed by atoms with Crippen molar-refractivity contribution in [3.63, 3.8) is 0 Å². The van der Waals surface area contributed by atoms with Crippen molar-refractivity contribution in [2.24, 2.45) is 5.73 Å². The van der Waals surface area contributed by atoms with Crippen molar-refractivity contribution in [2.45, 2.75) is 6.54 Å². The SMILES string of the molecule is N=C(N)NCc1ccccc1.O=C(O)O. The van der Waals surface area contributed by atoms with Crippen LogP contribution >= 0.6 is 0 Å². The molecule has 0 aliphatic rings. The summed E-state index contributed by atoms with van der Waals surface area (Å²) < 4.78 is 0. The number of nitrogens with two attached hydrogens (primary N) is 1. The number of carboxylic acid groups (broad SMARTS) is 2. The molecule has 1 aromatic carbocycles. The van der Waals surface area contributed by atoms with Crippen molar-refractivity contribution >= 4 is 12.1 Å². The monoisotopic (exact) mass is 211 g/mol. The van der Waals surface area contributed by atoms with Crippen LogP contribution < -0.4 is 11.1 Å². The lowest BCUT2D eigenvalue weighted by Gasteiger charge is -2.01. The van der Waals surface area contributed by atoms with Gasteiger partial charge in [-0.3, -0.25) is 5.41 Å². The van der Waals surface area contributed by atoms with Gasteiger partial charge in [0.1, 0.15) is 0 Å². The van der Waals surface area contributed by atoms with E-state index < -0.39 is 6.16 Å². The lowest BCUT2D eigenvalue weighted by Crippen LogP contribution is -2.29. The molecule has 6 nitrogen and oxygen atoms in total. The topological polar surface area (TPSA) is 119 Å². The van der Waals surface area contributed by atoms with Gasteiger partial charge >= 0.3 is 6.16 Å². The van der Waals surface area contributed by atoms with Crippen LogP contribution in [-0.2, 0) is 6.54 Å². The molecule has 1 aromatic rings. The maximum atomic E-state index is 8.56. The Hall–Kier alpha value is -2.24. The molecule has 0 fully saturated rings. The van der Waals surface area contributed by atoms with E-state index in [1.807, 2.05) is 30.3 Å². The van der Waals surface area contributed by atoms with E-state index in [-0.39, 0.29) is 5.96 Å². The van der Waals surface area contributed by atoms with Gasteiger partial charge in [-0.15, -0.1) is 0 Å². The van der Waals surface area contributed by atoms with Crippen LogP contribution in [-0.4, -0.2) is 22.3 Å². The first-order valence-corrected chi connectivity index (χ1v) is 4.06. The van der Waals surface area contributed by atoms with Crippen LogP contribution in [0, 0.1) is 5.41 Å². The average molecular weight is 211 g/mol. The third-order valence-corrected chi connectivity index (χ3v) is 1.33. The zero-order valence-electron chi connectivity index (χ0n) is 7.97. The van der Waals surface area contributed by atoms with E-state index >= 15 is 0 Å². The number of nitrogens with one attached hydrogen (secondary N) is 2. The van der Waals surface area contributed by atoms with E-state index in [0.29, 0.717) is 6.54 Å². The van der Waals surface area contributed by atoms with Crippen molar-refractivity contribution in [3.8, 4) is 0 Å². The van der Waals surface area contributed by atoms with Crippen molar-refractivity contribution in [1.29, 1.82) is 5.41 Å². The zero-order chi connectivity index (χ0) is 11.7. The number of hydrogen-bond donors (Lipinski definition) is 5. The molecule has 0 aliphatic carbocycles. The minimum absolute atomic E-state index is 0.00820. The Morgan fingerprint density at radius 1 is 1.33 bits per heavy atom. The van der Waals surface area contributed by atoms with Crippen molar-refractivity contribution in [3.05, 3.63) is 35.9 Å². The van der Waals surface area contributed by atoms with Gasteiger partial charge in [0.05, 0.1) is 0 Å². The zero-order valence-corrected chi connectivity index (χ0v) is 7.97. The molecule has 0 atom stereocenters. The summed E-state index contributed by atoms with van der Waals surface area (Å²) in [5.74, 6) is 0.00820. The van der Waals surface area contributed by atoms with Crippen molar-refractivity contribution in [2.75, 3.05) is 0 Å². The van der Waals surface area contributed by atoms with E-state index in [4.69, 9.17) is 26.2 Å². The Morgan fingerprint density at radius 3 is 2.20 bits per heavy atom. The third-order valence-electron chi connectivity index (χ3n) is 1.33. The van der Waals surface area contributed by atoms with Gasteiger partial charge in [0.15, 0.2) is 5.96 Å². The summed E-state index contributed by atoms with van der Waals surface area (Å²) in [6.07, 6.45) is -1.83. The minimum Gasteiger partial charge on any atom is -0.450 e. The molecule has 6 N–H and O–H groups in total. The molecule has 0 amide bonds. The molecule has 0 spiro atoms. The third kappa shape index (κ3) is 9.68. The molecule has 0 saturated carbocycles. The summed E-state index contributed by atoms with van der Waals surface area (Å²) in [6, 6.07) is 9.83. The van der Waals surface area contributed by atoms with Gasteiger partial charge < -0.3 is 21.3 Å². The predicted molar refractivity (Wildman–Crippen MR) is 55.8 cm³/mol. The Morgan fingerprint density at radius 2 is 1.80 bits per heavy atom. The molecule has 0 bridgehead atoms. The standard InChI is InChI=1S/C8H11N3.CH2O3/c9-8(10)11-6-7-4-2-1-3-5-7;2-1(3)4/h1-5H,6H2,(H4,9,10,11);(H2,2,3,4). The number of carbonyl (C=O) groups is 1. The second kappa shape index (κ2) is 7.19. The van der Waals surface area contributed by atoms with Crippen LogP contribution in [0.1, 0.15) is 5.56 Å². The molecule has 0 heterocycles. The largest absolute Gasteiger partial charge is 0.503 e. The molecule has 0 aliphatic heterocycles. The maximum absolute atomic E-state index is 8.56. The van der Waals surface area contributed by atoms with Gasteiger partial charge in [0.2, 0.25) is 0 Å². The minimum atomic E-state index is -1.83. The van der Waals surface area contributed by atoms with Crippen LogP contribution in [0.25, 0.3) is 0 Å². The second-order valence-electron chi connectivity index (χ2n) is 2.54. The summed E-state index contributed by atoms with van der Waals surface area (Å²) in [7, 11) is 0. The van der Waals surface area contributed by atoms with E-state index in [1.54, 1.807) is 0 Å². The van der Waals surface area contributed by atoms with Crippen molar-refractivity contribution < 1.29 is 15.0 Å². The summed E-state index contributed by atoms with van der Waals surface area (Å²) in [5, 5.41) is 23.6. The Kier molecular flexibility index (Phi) is 6.12. The fourth-order valence-corrected chi connectivity index (χ4v) is 0.793. The second-order valence-corrected chi connectivity index (χ2v) is 2.54. The van der Waals surface area contributed by atoms with Crippen LogP contribution in [0.5, 0.6) is 0 Å². The first-order chi connectivity index (χ1) is 7.02. The van der Waals surface area contributed by atoms with Gasteiger partial charge in [0.25, 0.3) is 0 Å². The summed E-state index contributed by atoms with van der Waals surface area (Å²) in [5.41, 5.74) is 6.24. The molecule has 0 aromatic heterocycles. The molecule has 1 rings (SSSR count). The number of hydrogen-bond acceptors (Lipinski definition) is 2. The van der Waals surface area contributed by atoms with E-state index in [9.17, 15) is 0 Å². The molecule has 6 heteroatoms. The van der Waals surface area contributed by atoms with Gasteiger partial charge in [-0.2, -0.15) is 0 Å². The lowest BCUT2D eigenvalue weighted by atomic mass is 10.2. The highest BCUT2D eigenvalue weighted by Gasteiger charge is 1.89. The quantitative estimate of drug-likeness (QED) is 0.367. The van der Waals surface area contributed by atoms with Gasteiger partial charge in [0, 0.05) is 6.54 Å². The predicted octanol–water partition coefficient (Wildman–Crippen LogP) is 0.892. The normalized spacial score (nSPS) is 8.27. The molecular formula is C9H13N3O3. The summed E-state index contributed by atoms with van der Waals surface area (Å²) in [6.45, 7) is 0.621. The van der Waals surface area contributed by atoms with Gasteiger partial charge in [-0.1, -0.05) is 30.3 Å². The van der Waals surface area contributed by atoms with Crippen LogP contribution in [0.2, 0.25) is 0 Å². The first-order valence-electron chi connectivity index (χ1n) is 4.06. The summed E-state index contributed by atoms with van der Waals surface area (Å²) in [4.78, 5) is 8.56. The van der Waals surface area contributed by atoms with E-state index in [1.165, 1.54) is 0 Å². The van der Waals surface area contributed by atoms with Crippen molar-refractivity contribution in [1.82, 2.24) is 5.32 Å². The lowest BCUT2D eigenvalue weighted by molar-refractivity contribution is 0.137. The van der Waals surface area contributed by atoms with Crippen LogP contribution in [0.3, 0.4) is 0 Å². The Labute approximate surface area is 86.9 Å². The maximum Gasteiger partial charge on any atom is 0.503 e. The highest BCUT2D eigenvalue weighted by molar-refractivity contribution is 5.74. The average Bonchev–Trinajstić information content (AvgIpc) is 2.15. The molecule has 82 valence electrons. The molecule has 0 saturated heterocycles.